The van der Waals surface area contributed by atoms with Crippen molar-refractivity contribution in [1.29, 1.82) is 0 Å². The molecule has 98 valence electrons. The SMILES string of the molecule is C=C1SC(=[N+]2CCCCC2)N=C1N1CCCCC1. The molecule has 0 N–H and O–H groups in total. The second kappa shape index (κ2) is 5.47. The minimum absolute atomic E-state index is 1.15. The smallest absolute Gasteiger partial charge is 0.335 e. The van der Waals surface area contributed by atoms with E-state index in [0.29, 0.717) is 0 Å². The lowest BCUT2D eigenvalue weighted by atomic mass is 10.1. The van der Waals surface area contributed by atoms with Gasteiger partial charge in [-0.3, -0.25) is 4.58 Å². The zero-order valence-electron chi connectivity index (χ0n) is 11.0. The van der Waals surface area contributed by atoms with Gasteiger partial charge in [0.05, 0.1) is 18.0 Å². The van der Waals surface area contributed by atoms with Gasteiger partial charge < -0.3 is 4.90 Å². The molecule has 3 nitrogen and oxygen atoms in total. The van der Waals surface area contributed by atoms with Crippen molar-refractivity contribution >= 4 is 22.8 Å². The van der Waals surface area contributed by atoms with Crippen molar-refractivity contribution in [1.82, 2.24) is 4.90 Å². The van der Waals surface area contributed by atoms with Crippen molar-refractivity contribution in [2.24, 2.45) is 4.99 Å². The molecule has 3 aliphatic rings. The first-order chi connectivity index (χ1) is 8.84. The first-order valence-electron chi connectivity index (χ1n) is 7.17. The van der Waals surface area contributed by atoms with Crippen molar-refractivity contribution in [3.8, 4) is 0 Å². The van der Waals surface area contributed by atoms with Crippen LogP contribution in [0.25, 0.3) is 0 Å². The highest BCUT2D eigenvalue weighted by atomic mass is 32.2. The molecule has 0 spiro atoms. The van der Waals surface area contributed by atoms with Gasteiger partial charge in [-0.1, -0.05) is 6.58 Å². The lowest BCUT2D eigenvalue weighted by molar-refractivity contribution is -0.535. The summed E-state index contributed by atoms with van der Waals surface area (Å²) in [6.45, 7) is 8.86. The molecule has 0 aromatic heterocycles. The Hall–Kier alpha value is -0.770. The molecule has 0 saturated carbocycles. The maximum atomic E-state index is 4.86. The minimum atomic E-state index is 1.15. The van der Waals surface area contributed by atoms with E-state index in [2.05, 4.69) is 16.1 Å². The van der Waals surface area contributed by atoms with Gasteiger partial charge in [0.15, 0.2) is 0 Å². The molecule has 0 aromatic rings. The lowest BCUT2D eigenvalue weighted by Crippen LogP contribution is -2.35. The summed E-state index contributed by atoms with van der Waals surface area (Å²) < 4.78 is 2.44. The zero-order chi connectivity index (χ0) is 12.4. The largest absolute Gasteiger partial charge is 0.362 e. The number of aliphatic imine (C=N–C) groups is 1. The van der Waals surface area contributed by atoms with E-state index in [1.807, 2.05) is 0 Å². The summed E-state index contributed by atoms with van der Waals surface area (Å²) in [6, 6.07) is 0. The molecule has 2 saturated heterocycles. The molecule has 0 amide bonds. The van der Waals surface area contributed by atoms with Crippen LogP contribution in [0.5, 0.6) is 0 Å². The van der Waals surface area contributed by atoms with Crippen LogP contribution in [0.3, 0.4) is 0 Å². The number of hydrogen-bond donors (Lipinski definition) is 0. The summed E-state index contributed by atoms with van der Waals surface area (Å²) in [5.41, 5.74) is 0. The Morgan fingerprint density at radius 1 is 1.00 bits per heavy atom. The molecule has 0 unspecified atom stereocenters. The standard InChI is InChI=1S/C14H22N3S/c1-12-13(16-8-4-2-5-9-16)15-14(18-12)17-10-6-3-7-11-17/h1-11H2/q+1. The number of nitrogens with zero attached hydrogens (tertiary/aromatic N) is 3. The summed E-state index contributed by atoms with van der Waals surface area (Å²) in [7, 11) is 0. The van der Waals surface area contributed by atoms with Crippen LogP contribution in [0, 0.1) is 0 Å². The van der Waals surface area contributed by atoms with E-state index in [-0.39, 0.29) is 0 Å². The zero-order valence-corrected chi connectivity index (χ0v) is 11.8. The van der Waals surface area contributed by atoms with E-state index >= 15 is 0 Å². The van der Waals surface area contributed by atoms with Gasteiger partial charge in [-0.05, 0) is 43.5 Å². The van der Waals surface area contributed by atoms with Crippen molar-refractivity contribution in [2.75, 3.05) is 26.2 Å². The second-order valence-electron chi connectivity index (χ2n) is 5.34. The average Bonchev–Trinajstić information content (AvgIpc) is 2.83. The average molecular weight is 264 g/mol. The Kier molecular flexibility index (Phi) is 3.73. The molecule has 2 fully saturated rings. The second-order valence-corrected chi connectivity index (χ2v) is 6.40. The molecule has 0 aromatic carbocycles. The Labute approximate surface area is 114 Å². The van der Waals surface area contributed by atoms with Crippen molar-refractivity contribution in [3.63, 3.8) is 0 Å². The van der Waals surface area contributed by atoms with Crippen LogP contribution >= 0.6 is 11.8 Å². The predicted octanol–water partition coefficient (Wildman–Crippen LogP) is 2.68. The lowest BCUT2D eigenvalue weighted by Gasteiger charge is -2.25. The van der Waals surface area contributed by atoms with Gasteiger partial charge in [-0.25, -0.2) is 0 Å². The van der Waals surface area contributed by atoms with Crippen molar-refractivity contribution < 1.29 is 4.58 Å². The Balaban J connectivity index is 1.79. The van der Waals surface area contributed by atoms with E-state index in [1.165, 1.54) is 56.8 Å². The van der Waals surface area contributed by atoms with Gasteiger partial charge in [0.25, 0.3) is 5.84 Å². The Bertz CT molecular complexity index is 397. The number of thioether (sulfide) groups is 1. The molecule has 0 bridgehead atoms. The van der Waals surface area contributed by atoms with E-state index in [4.69, 9.17) is 4.99 Å². The van der Waals surface area contributed by atoms with Crippen LogP contribution in [0.2, 0.25) is 0 Å². The first-order valence-corrected chi connectivity index (χ1v) is 7.99. The van der Waals surface area contributed by atoms with E-state index < -0.39 is 0 Å². The number of rotatable bonds is 0. The third-order valence-electron chi connectivity index (χ3n) is 3.95. The maximum Gasteiger partial charge on any atom is 0.362 e. The fourth-order valence-corrected chi connectivity index (χ4v) is 3.84. The van der Waals surface area contributed by atoms with E-state index in [9.17, 15) is 0 Å². The number of piperidine rings is 2. The van der Waals surface area contributed by atoms with Crippen molar-refractivity contribution in [3.05, 3.63) is 11.5 Å². The van der Waals surface area contributed by atoms with E-state index in [1.54, 1.807) is 11.8 Å². The maximum absolute atomic E-state index is 4.86. The third-order valence-corrected chi connectivity index (χ3v) is 4.91. The van der Waals surface area contributed by atoms with Gasteiger partial charge in [-0.15, -0.1) is 0 Å². The van der Waals surface area contributed by atoms with Gasteiger partial charge in [0.2, 0.25) is 0 Å². The molecule has 3 aliphatic heterocycles. The van der Waals surface area contributed by atoms with Gasteiger partial charge in [0, 0.05) is 24.9 Å². The van der Waals surface area contributed by atoms with Crippen LogP contribution in [-0.4, -0.2) is 46.7 Å². The molecular formula is C14H22N3S+. The molecule has 3 heterocycles. The molecule has 3 rings (SSSR count). The molecule has 18 heavy (non-hydrogen) atoms. The van der Waals surface area contributed by atoms with Crippen LogP contribution in [-0.2, 0) is 0 Å². The van der Waals surface area contributed by atoms with E-state index in [0.717, 1.165) is 23.8 Å². The fraction of sp³-hybridized carbons (Fsp3) is 0.714. The topological polar surface area (TPSA) is 18.6 Å². The summed E-state index contributed by atoms with van der Waals surface area (Å²) in [6.07, 6.45) is 7.96. The quantitative estimate of drug-likeness (QED) is 0.626. The molecular weight excluding hydrogens is 242 g/mol. The normalized spacial score (nSPS) is 25.7. The van der Waals surface area contributed by atoms with Crippen molar-refractivity contribution in [2.45, 2.75) is 38.5 Å². The van der Waals surface area contributed by atoms with Crippen LogP contribution in [0.15, 0.2) is 16.5 Å². The van der Waals surface area contributed by atoms with Crippen LogP contribution in [0.4, 0.5) is 0 Å². The minimum Gasteiger partial charge on any atom is -0.335 e. The summed E-state index contributed by atoms with van der Waals surface area (Å²) in [4.78, 5) is 8.44. The highest BCUT2D eigenvalue weighted by molar-refractivity contribution is 8.18. The number of amidine groups is 2. The molecule has 0 atom stereocenters. The predicted molar refractivity (Wildman–Crippen MR) is 78.4 cm³/mol. The van der Waals surface area contributed by atoms with Crippen LogP contribution < -0.4 is 0 Å². The van der Waals surface area contributed by atoms with Gasteiger partial charge in [-0.2, -0.15) is 0 Å². The summed E-state index contributed by atoms with van der Waals surface area (Å²) in [5.74, 6) is 1.15. The van der Waals surface area contributed by atoms with Gasteiger partial charge in [0.1, 0.15) is 0 Å². The monoisotopic (exact) mass is 264 g/mol. The highest BCUT2D eigenvalue weighted by Crippen LogP contribution is 2.29. The summed E-state index contributed by atoms with van der Waals surface area (Å²) >= 11 is 1.78. The Morgan fingerprint density at radius 3 is 2.39 bits per heavy atom. The van der Waals surface area contributed by atoms with Gasteiger partial charge >= 0.3 is 5.17 Å². The molecule has 0 aliphatic carbocycles. The van der Waals surface area contributed by atoms with Crippen LogP contribution in [0.1, 0.15) is 38.5 Å². The highest BCUT2D eigenvalue weighted by Gasteiger charge is 2.34. The fourth-order valence-electron chi connectivity index (χ4n) is 2.90. The molecule has 4 heteroatoms. The molecule has 0 radical (unpaired) electrons. The first kappa shape index (κ1) is 12.3. The Morgan fingerprint density at radius 2 is 1.67 bits per heavy atom. The number of hydrogen-bond acceptors (Lipinski definition) is 2. The third kappa shape index (κ3) is 2.48. The number of likely N-dealkylation sites (tertiary alicyclic amines) is 1. The summed E-state index contributed by atoms with van der Waals surface area (Å²) in [5, 5.41) is 1.19.